The Kier molecular flexibility index (Phi) is 3.37. The maximum absolute atomic E-state index is 13.4. The van der Waals surface area contributed by atoms with Crippen LogP contribution in [0.4, 0.5) is 8.78 Å². The molecule has 1 atom stereocenters. The van der Waals surface area contributed by atoms with Gasteiger partial charge in [0, 0.05) is 21.0 Å². The highest BCUT2D eigenvalue weighted by molar-refractivity contribution is 9.10. The van der Waals surface area contributed by atoms with Gasteiger partial charge in [0.2, 0.25) is 0 Å². The Hall–Kier alpha value is -0.780. The van der Waals surface area contributed by atoms with Crippen LogP contribution in [0.2, 0.25) is 0 Å². The minimum Gasteiger partial charge on any atom is -0.383 e. The molecule has 0 aliphatic carbocycles. The van der Waals surface area contributed by atoms with Gasteiger partial charge in [-0.25, -0.2) is 8.78 Å². The summed E-state index contributed by atoms with van der Waals surface area (Å²) in [5, 5.41) is 13.4. The first-order valence-electron chi connectivity index (χ1n) is 4.45. The Labute approximate surface area is 103 Å². The zero-order valence-corrected chi connectivity index (χ0v) is 10.4. The molecule has 0 fully saturated rings. The van der Waals surface area contributed by atoms with Crippen LogP contribution in [0.1, 0.15) is 17.2 Å². The molecule has 0 bridgehead atoms. The van der Waals surface area contributed by atoms with Gasteiger partial charge in [0.1, 0.15) is 6.10 Å². The molecule has 0 amide bonds. The largest absolute Gasteiger partial charge is 0.383 e. The highest BCUT2D eigenvalue weighted by Gasteiger charge is 2.19. The van der Waals surface area contributed by atoms with Crippen molar-refractivity contribution in [3.63, 3.8) is 0 Å². The smallest absolute Gasteiger partial charge is 0.164 e. The maximum Gasteiger partial charge on any atom is 0.164 e. The number of hydrogen-bond acceptors (Lipinski definition) is 2. The van der Waals surface area contributed by atoms with Crippen LogP contribution in [0, 0.1) is 11.6 Å². The van der Waals surface area contributed by atoms with E-state index in [0.29, 0.717) is 10.0 Å². The van der Waals surface area contributed by atoms with Crippen molar-refractivity contribution in [1.82, 2.24) is 0 Å². The van der Waals surface area contributed by atoms with Crippen molar-refractivity contribution in [2.75, 3.05) is 0 Å². The monoisotopic (exact) mass is 304 g/mol. The Balaban J connectivity index is 2.46. The van der Waals surface area contributed by atoms with E-state index in [9.17, 15) is 13.9 Å². The molecule has 84 valence electrons. The zero-order chi connectivity index (χ0) is 11.7. The number of hydrogen-bond donors (Lipinski definition) is 1. The van der Waals surface area contributed by atoms with Crippen LogP contribution in [0.15, 0.2) is 33.4 Å². The lowest BCUT2D eigenvalue weighted by Crippen LogP contribution is -2.03. The van der Waals surface area contributed by atoms with Crippen molar-refractivity contribution >= 4 is 27.3 Å². The second-order valence-electron chi connectivity index (χ2n) is 3.22. The summed E-state index contributed by atoms with van der Waals surface area (Å²) < 4.78 is 27.1. The Morgan fingerprint density at radius 3 is 2.56 bits per heavy atom. The van der Waals surface area contributed by atoms with Crippen LogP contribution < -0.4 is 0 Å². The molecule has 5 heteroatoms. The summed E-state index contributed by atoms with van der Waals surface area (Å²) in [6, 6.07) is 3.76. The van der Waals surface area contributed by atoms with Crippen molar-refractivity contribution in [2.45, 2.75) is 6.10 Å². The molecule has 1 unspecified atom stereocenters. The first-order chi connectivity index (χ1) is 7.61. The second-order valence-corrected chi connectivity index (χ2v) is 4.82. The zero-order valence-electron chi connectivity index (χ0n) is 7.95. The third-order valence-electron chi connectivity index (χ3n) is 2.21. The topological polar surface area (TPSA) is 20.2 Å². The van der Waals surface area contributed by atoms with E-state index < -0.39 is 17.7 Å². The molecule has 0 radical (unpaired) electrons. The van der Waals surface area contributed by atoms with Gasteiger partial charge in [-0.15, -0.1) is 0 Å². The molecule has 1 nitrogen and oxygen atoms in total. The minimum absolute atomic E-state index is 0.0564. The molecule has 1 aromatic heterocycles. The Bertz CT molecular complexity index is 512. The van der Waals surface area contributed by atoms with Gasteiger partial charge in [0.15, 0.2) is 11.6 Å². The van der Waals surface area contributed by atoms with Gasteiger partial charge in [0.25, 0.3) is 0 Å². The average Bonchev–Trinajstić information content (AvgIpc) is 2.68. The molecule has 0 aliphatic rings. The molecule has 16 heavy (non-hydrogen) atoms. The highest BCUT2D eigenvalue weighted by Crippen LogP contribution is 2.32. The third-order valence-corrected chi connectivity index (χ3v) is 3.96. The van der Waals surface area contributed by atoms with Crippen LogP contribution in [0.25, 0.3) is 0 Å². The van der Waals surface area contributed by atoms with E-state index in [1.807, 2.05) is 0 Å². The molecule has 0 saturated heterocycles. The predicted octanol–water partition coefficient (Wildman–Crippen LogP) is 3.87. The van der Waals surface area contributed by atoms with E-state index in [-0.39, 0.29) is 5.56 Å². The van der Waals surface area contributed by atoms with Gasteiger partial charge in [-0.2, -0.15) is 11.3 Å². The van der Waals surface area contributed by atoms with Gasteiger partial charge in [-0.05, 0) is 27.4 Å². The fourth-order valence-corrected chi connectivity index (χ4v) is 2.92. The average molecular weight is 305 g/mol. The molecule has 0 saturated carbocycles. The van der Waals surface area contributed by atoms with E-state index >= 15 is 0 Å². The predicted molar refractivity (Wildman–Crippen MR) is 62.4 cm³/mol. The molecule has 1 N–H and O–H groups in total. The van der Waals surface area contributed by atoms with Crippen LogP contribution >= 0.6 is 27.3 Å². The first kappa shape index (κ1) is 11.7. The molecule has 1 heterocycles. The third kappa shape index (κ3) is 2.03. The number of thiophene rings is 1. The van der Waals surface area contributed by atoms with E-state index in [4.69, 9.17) is 0 Å². The SMILES string of the molecule is OC(c1cscc1Br)c1cccc(F)c1F. The number of halogens is 3. The molecule has 2 aromatic rings. The number of aliphatic hydroxyl groups is 1. The van der Waals surface area contributed by atoms with Gasteiger partial charge in [-0.3, -0.25) is 0 Å². The van der Waals surface area contributed by atoms with E-state index in [2.05, 4.69) is 15.9 Å². The molecular weight excluding hydrogens is 298 g/mol. The lowest BCUT2D eigenvalue weighted by molar-refractivity contribution is 0.213. The molecule has 0 aliphatic heterocycles. The second kappa shape index (κ2) is 4.61. The van der Waals surface area contributed by atoms with Gasteiger partial charge < -0.3 is 5.11 Å². The molecule has 0 spiro atoms. The number of benzene rings is 1. The van der Waals surface area contributed by atoms with E-state index in [1.54, 1.807) is 10.8 Å². The minimum atomic E-state index is -1.16. The summed E-state index contributed by atoms with van der Waals surface area (Å²) in [6.07, 6.45) is -1.16. The lowest BCUT2D eigenvalue weighted by Gasteiger charge is -2.11. The van der Waals surface area contributed by atoms with Crippen LogP contribution in [0.3, 0.4) is 0 Å². The van der Waals surface area contributed by atoms with Crippen molar-refractivity contribution in [1.29, 1.82) is 0 Å². The number of rotatable bonds is 2. The summed E-state index contributed by atoms with van der Waals surface area (Å²) >= 11 is 4.62. The van der Waals surface area contributed by atoms with Crippen molar-refractivity contribution in [3.8, 4) is 0 Å². The maximum atomic E-state index is 13.4. The summed E-state index contributed by atoms with van der Waals surface area (Å²) in [6.45, 7) is 0. The summed E-state index contributed by atoms with van der Waals surface area (Å²) in [5.74, 6) is -1.96. The van der Waals surface area contributed by atoms with Crippen LogP contribution in [0.5, 0.6) is 0 Å². The fourth-order valence-electron chi connectivity index (χ4n) is 1.39. The van der Waals surface area contributed by atoms with E-state index in [1.165, 1.54) is 23.5 Å². The van der Waals surface area contributed by atoms with Gasteiger partial charge in [0.05, 0.1) is 0 Å². The standard InChI is InChI=1S/C11H7BrF2OS/c12-8-5-16-4-7(8)11(15)6-2-1-3-9(13)10(6)14/h1-5,11,15H. The van der Waals surface area contributed by atoms with Crippen molar-refractivity contribution in [2.24, 2.45) is 0 Å². The van der Waals surface area contributed by atoms with Crippen LogP contribution in [-0.2, 0) is 0 Å². The number of aliphatic hydroxyl groups excluding tert-OH is 1. The fraction of sp³-hybridized carbons (Fsp3) is 0.0909. The molecule has 1 aromatic carbocycles. The quantitative estimate of drug-likeness (QED) is 0.893. The first-order valence-corrected chi connectivity index (χ1v) is 6.18. The lowest BCUT2D eigenvalue weighted by atomic mass is 10.0. The van der Waals surface area contributed by atoms with Crippen molar-refractivity contribution < 1.29 is 13.9 Å². The normalized spacial score (nSPS) is 12.8. The molecule has 2 rings (SSSR count). The Morgan fingerprint density at radius 1 is 1.19 bits per heavy atom. The summed E-state index contributed by atoms with van der Waals surface area (Å²) in [5.41, 5.74) is 0.480. The van der Waals surface area contributed by atoms with E-state index in [0.717, 1.165) is 6.07 Å². The molecular formula is C11H7BrF2OS. The van der Waals surface area contributed by atoms with Crippen molar-refractivity contribution in [3.05, 3.63) is 56.2 Å². The summed E-state index contributed by atoms with van der Waals surface area (Å²) in [4.78, 5) is 0. The summed E-state index contributed by atoms with van der Waals surface area (Å²) in [7, 11) is 0. The Morgan fingerprint density at radius 2 is 1.94 bits per heavy atom. The van der Waals surface area contributed by atoms with Gasteiger partial charge in [-0.1, -0.05) is 12.1 Å². The highest BCUT2D eigenvalue weighted by atomic mass is 79.9. The van der Waals surface area contributed by atoms with Crippen LogP contribution in [-0.4, -0.2) is 5.11 Å². The van der Waals surface area contributed by atoms with Gasteiger partial charge >= 0.3 is 0 Å².